The Hall–Kier alpha value is -2.89. The Bertz CT molecular complexity index is 815. The molecule has 0 bridgehead atoms. The quantitative estimate of drug-likeness (QED) is 0.772. The zero-order valence-electron chi connectivity index (χ0n) is 16.9. The van der Waals surface area contributed by atoms with Crippen LogP contribution in [0.5, 0.6) is 0 Å². The van der Waals surface area contributed by atoms with E-state index < -0.39 is 0 Å². The molecule has 1 fully saturated rings. The first-order chi connectivity index (χ1) is 14.0. The van der Waals surface area contributed by atoms with Gasteiger partial charge in [-0.3, -0.25) is 9.59 Å². The Labute approximate surface area is 171 Å². The summed E-state index contributed by atoms with van der Waals surface area (Å²) in [6.45, 7) is 4.31. The van der Waals surface area contributed by atoms with Crippen LogP contribution in [0.25, 0.3) is 0 Å². The van der Waals surface area contributed by atoms with Gasteiger partial charge >= 0.3 is 0 Å². The first kappa shape index (κ1) is 20.8. The molecular weight excluding hydrogens is 369 g/mol. The molecule has 0 atom stereocenters. The maximum atomic E-state index is 12.9. The normalized spacial score (nSPS) is 13.8. The SMILES string of the molecule is CC(=O)N(CCC(=O)NCc1ccc(F)cc1)c1ccc(N2CCCCC2)cc1. The van der Waals surface area contributed by atoms with Crippen molar-refractivity contribution in [3.63, 3.8) is 0 Å². The Morgan fingerprint density at radius 1 is 1.00 bits per heavy atom. The predicted molar refractivity (Wildman–Crippen MR) is 113 cm³/mol. The van der Waals surface area contributed by atoms with E-state index in [-0.39, 0.29) is 24.1 Å². The highest BCUT2D eigenvalue weighted by Gasteiger charge is 2.15. The lowest BCUT2D eigenvalue weighted by Gasteiger charge is -2.29. The highest BCUT2D eigenvalue weighted by molar-refractivity contribution is 5.92. The van der Waals surface area contributed by atoms with Gasteiger partial charge in [0.1, 0.15) is 5.82 Å². The first-order valence-corrected chi connectivity index (χ1v) is 10.2. The van der Waals surface area contributed by atoms with E-state index in [9.17, 15) is 14.0 Å². The number of hydrogen-bond acceptors (Lipinski definition) is 3. The molecule has 3 rings (SSSR count). The molecule has 0 aliphatic carbocycles. The predicted octanol–water partition coefficient (Wildman–Crippen LogP) is 3.88. The van der Waals surface area contributed by atoms with Crippen molar-refractivity contribution < 1.29 is 14.0 Å². The summed E-state index contributed by atoms with van der Waals surface area (Å²) in [6, 6.07) is 14.0. The van der Waals surface area contributed by atoms with Crippen LogP contribution >= 0.6 is 0 Å². The minimum absolute atomic E-state index is 0.0953. The number of rotatable bonds is 7. The molecule has 5 nitrogen and oxygen atoms in total. The molecule has 154 valence electrons. The van der Waals surface area contributed by atoms with Crippen LogP contribution in [-0.2, 0) is 16.1 Å². The highest BCUT2D eigenvalue weighted by atomic mass is 19.1. The van der Waals surface area contributed by atoms with Crippen molar-refractivity contribution in [2.24, 2.45) is 0 Å². The molecular formula is C23H28FN3O2. The lowest BCUT2D eigenvalue weighted by Crippen LogP contribution is -2.34. The van der Waals surface area contributed by atoms with Gasteiger partial charge in [-0.15, -0.1) is 0 Å². The van der Waals surface area contributed by atoms with E-state index in [1.54, 1.807) is 17.0 Å². The summed E-state index contributed by atoms with van der Waals surface area (Å²) in [6.07, 6.45) is 3.92. The van der Waals surface area contributed by atoms with Crippen molar-refractivity contribution in [1.29, 1.82) is 0 Å². The lowest BCUT2D eigenvalue weighted by molar-refractivity contribution is -0.121. The number of piperidine rings is 1. The van der Waals surface area contributed by atoms with E-state index in [0.717, 1.165) is 24.3 Å². The van der Waals surface area contributed by atoms with Crippen LogP contribution in [0.3, 0.4) is 0 Å². The van der Waals surface area contributed by atoms with Crippen molar-refractivity contribution in [2.75, 3.05) is 29.4 Å². The van der Waals surface area contributed by atoms with Crippen LogP contribution in [-0.4, -0.2) is 31.4 Å². The summed E-state index contributed by atoms with van der Waals surface area (Å²) in [4.78, 5) is 28.3. The molecule has 1 N–H and O–H groups in total. The largest absolute Gasteiger partial charge is 0.372 e. The Kier molecular flexibility index (Phi) is 7.22. The van der Waals surface area contributed by atoms with E-state index in [1.165, 1.54) is 44.0 Å². The molecule has 6 heteroatoms. The topological polar surface area (TPSA) is 52.7 Å². The fraction of sp³-hybridized carbons (Fsp3) is 0.391. The van der Waals surface area contributed by atoms with Crippen LogP contribution in [0.4, 0.5) is 15.8 Å². The van der Waals surface area contributed by atoms with E-state index in [0.29, 0.717) is 13.1 Å². The van der Waals surface area contributed by atoms with E-state index >= 15 is 0 Å². The number of nitrogens with one attached hydrogen (secondary N) is 1. The maximum Gasteiger partial charge on any atom is 0.223 e. The molecule has 1 heterocycles. The number of halogens is 1. The summed E-state index contributed by atoms with van der Waals surface area (Å²) in [5, 5.41) is 2.81. The molecule has 0 aromatic heterocycles. The third kappa shape index (κ3) is 6.04. The Morgan fingerprint density at radius 3 is 2.28 bits per heavy atom. The number of nitrogens with zero attached hydrogens (tertiary/aromatic N) is 2. The number of anilines is 2. The van der Waals surface area contributed by atoms with Crippen LogP contribution in [0.15, 0.2) is 48.5 Å². The van der Waals surface area contributed by atoms with Gasteiger partial charge in [0, 0.05) is 50.9 Å². The fourth-order valence-electron chi connectivity index (χ4n) is 3.57. The number of carbonyl (C=O) groups excluding carboxylic acids is 2. The smallest absolute Gasteiger partial charge is 0.223 e. The van der Waals surface area contributed by atoms with E-state index in [1.807, 2.05) is 24.3 Å². The average Bonchev–Trinajstić information content (AvgIpc) is 2.74. The monoisotopic (exact) mass is 397 g/mol. The van der Waals surface area contributed by atoms with E-state index in [4.69, 9.17) is 0 Å². The van der Waals surface area contributed by atoms with Crippen molar-refractivity contribution in [3.05, 3.63) is 59.9 Å². The number of amides is 2. The number of carbonyl (C=O) groups is 2. The van der Waals surface area contributed by atoms with Gasteiger partial charge in [-0.2, -0.15) is 0 Å². The lowest BCUT2D eigenvalue weighted by atomic mass is 10.1. The second-order valence-electron chi connectivity index (χ2n) is 7.39. The molecule has 2 aromatic rings. The van der Waals surface area contributed by atoms with Gasteiger partial charge in [-0.1, -0.05) is 12.1 Å². The van der Waals surface area contributed by atoms with Crippen LogP contribution in [0.2, 0.25) is 0 Å². The summed E-state index contributed by atoms with van der Waals surface area (Å²) >= 11 is 0. The second kappa shape index (κ2) is 10.0. The molecule has 0 radical (unpaired) electrons. The van der Waals surface area contributed by atoms with Crippen LogP contribution in [0.1, 0.15) is 38.2 Å². The second-order valence-corrected chi connectivity index (χ2v) is 7.39. The third-order valence-electron chi connectivity index (χ3n) is 5.23. The van der Waals surface area contributed by atoms with E-state index in [2.05, 4.69) is 10.2 Å². The summed E-state index contributed by atoms with van der Waals surface area (Å²) < 4.78 is 12.9. The van der Waals surface area contributed by atoms with Gasteiger partial charge in [-0.05, 0) is 61.2 Å². The minimum atomic E-state index is -0.302. The van der Waals surface area contributed by atoms with Gasteiger partial charge < -0.3 is 15.1 Å². The Morgan fingerprint density at radius 2 is 1.66 bits per heavy atom. The van der Waals surface area contributed by atoms with Crippen LogP contribution < -0.4 is 15.1 Å². The molecule has 1 aliphatic rings. The molecule has 2 amide bonds. The van der Waals surface area contributed by atoms with Gasteiger partial charge in [0.05, 0.1) is 0 Å². The van der Waals surface area contributed by atoms with Crippen molar-refractivity contribution in [2.45, 2.75) is 39.2 Å². The molecule has 1 aliphatic heterocycles. The summed E-state index contributed by atoms with van der Waals surface area (Å²) in [7, 11) is 0. The summed E-state index contributed by atoms with van der Waals surface area (Å²) in [5.41, 5.74) is 2.80. The zero-order valence-corrected chi connectivity index (χ0v) is 16.9. The molecule has 1 saturated heterocycles. The molecule has 0 unspecified atom stereocenters. The summed E-state index contributed by atoms with van der Waals surface area (Å²) in [5.74, 6) is -0.545. The van der Waals surface area contributed by atoms with Gasteiger partial charge in [-0.25, -0.2) is 4.39 Å². The molecule has 2 aromatic carbocycles. The van der Waals surface area contributed by atoms with Gasteiger partial charge in [0.2, 0.25) is 11.8 Å². The van der Waals surface area contributed by atoms with Crippen molar-refractivity contribution >= 4 is 23.2 Å². The van der Waals surface area contributed by atoms with Crippen molar-refractivity contribution in [3.8, 4) is 0 Å². The maximum absolute atomic E-state index is 12.9. The highest BCUT2D eigenvalue weighted by Crippen LogP contribution is 2.24. The minimum Gasteiger partial charge on any atom is -0.372 e. The Balaban J connectivity index is 1.53. The van der Waals surface area contributed by atoms with Gasteiger partial charge in [0.15, 0.2) is 0 Å². The number of benzene rings is 2. The third-order valence-corrected chi connectivity index (χ3v) is 5.23. The first-order valence-electron chi connectivity index (χ1n) is 10.2. The van der Waals surface area contributed by atoms with Crippen molar-refractivity contribution in [1.82, 2.24) is 5.32 Å². The fourth-order valence-corrected chi connectivity index (χ4v) is 3.57. The average molecular weight is 397 g/mol. The molecule has 29 heavy (non-hydrogen) atoms. The number of hydrogen-bond donors (Lipinski definition) is 1. The zero-order chi connectivity index (χ0) is 20.6. The van der Waals surface area contributed by atoms with Crippen LogP contribution in [0, 0.1) is 5.82 Å². The standard InChI is InChI=1S/C23H28FN3O2/c1-18(28)27(16-13-23(29)25-17-19-5-7-20(24)8-6-19)22-11-9-21(10-12-22)26-14-3-2-4-15-26/h5-12H,2-4,13-17H2,1H3,(H,25,29). The molecule has 0 saturated carbocycles. The molecule has 0 spiro atoms. The van der Waals surface area contributed by atoms with Gasteiger partial charge in [0.25, 0.3) is 0 Å².